The minimum absolute atomic E-state index is 0.318. The van der Waals surface area contributed by atoms with Gasteiger partial charge in [0.1, 0.15) is 5.54 Å². The van der Waals surface area contributed by atoms with Crippen LogP contribution >= 0.6 is 0 Å². The summed E-state index contributed by atoms with van der Waals surface area (Å²) >= 11 is 0. The Balaban J connectivity index is 2.10. The second kappa shape index (κ2) is 5.80. The van der Waals surface area contributed by atoms with Crippen LogP contribution < -0.4 is 5.32 Å². The van der Waals surface area contributed by atoms with Gasteiger partial charge < -0.3 is 10.4 Å². The molecule has 1 unspecified atom stereocenters. The molecule has 2 N–H and O–H groups in total. The molecule has 0 aromatic rings. The highest BCUT2D eigenvalue weighted by Crippen LogP contribution is 2.42. The molecule has 19 heavy (non-hydrogen) atoms. The van der Waals surface area contributed by atoms with Crippen molar-refractivity contribution in [1.29, 1.82) is 0 Å². The molecule has 2 aliphatic carbocycles. The Hall–Kier alpha value is -0.610. The molecule has 2 rings (SSSR count). The van der Waals surface area contributed by atoms with Crippen molar-refractivity contribution in [3.8, 4) is 0 Å². The van der Waals surface area contributed by atoms with Gasteiger partial charge in [-0.3, -0.25) is 9.69 Å². The monoisotopic (exact) mass is 268 g/mol. The van der Waals surface area contributed by atoms with E-state index in [0.717, 1.165) is 25.9 Å². The number of nitrogens with zero attached hydrogens (tertiary/aromatic N) is 1. The predicted octanol–water partition coefficient (Wildman–Crippen LogP) is 1.95. The average Bonchev–Trinajstić information content (AvgIpc) is 3.16. The van der Waals surface area contributed by atoms with Gasteiger partial charge in [0.25, 0.3) is 0 Å². The Morgan fingerprint density at radius 1 is 1.37 bits per heavy atom. The Labute approximate surface area is 116 Å². The molecule has 0 aromatic heterocycles. The van der Waals surface area contributed by atoms with E-state index in [1.165, 1.54) is 12.8 Å². The fourth-order valence-electron chi connectivity index (χ4n) is 3.11. The first-order valence-corrected chi connectivity index (χ1v) is 7.72. The normalized spacial score (nSPS) is 22.8. The molecule has 0 radical (unpaired) electrons. The van der Waals surface area contributed by atoms with Gasteiger partial charge in [-0.1, -0.05) is 20.8 Å². The second-order valence-electron chi connectivity index (χ2n) is 6.64. The molecule has 4 nitrogen and oxygen atoms in total. The molecule has 2 fully saturated rings. The van der Waals surface area contributed by atoms with Crippen LogP contribution in [0.15, 0.2) is 0 Å². The van der Waals surface area contributed by atoms with Crippen molar-refractivity contribution >= 4 is 5.97 Å². The first-order valence-electron chi connectivity index (χ1n) is 7.72. The SMILES string of the molecule is CCNC(CN(CC(C)C)C1CC1)(C(=O)O)C1CC1. The summed E-state index contributed by atoms with van der Waals surface area (Å²) < 4.78 is 0. The van der Waals surface area contributed by atoms with Crippen LogP contribution in [0.3, 0.4) is 0 Å². The number of carboxylic acid groups (broad SMARTS) is 1. The van der Waals surface area contributed by atoms with Crippen LogP contribution in [0.2, 0.25) is 0 Å². The molecular weight excluding hydrogens is 240 g/mol. The second-order valence-corrected chi connectivity index (χ2v) is 6.64. The van der Waals surface area contributed by atoms with Crippen LogP contribution in [0.1, 0.15) is 46.5 Å². The standard InChI is InChI=1S/C15H28N2O2/c1-4-16-15(14(18)19,12-5-6-12)10-17(9-11(2)3)13-7-8-13/h11-13,16H,4-10H2,1-3H3,(H,18,19). The predicted molar refractivity (Wildman–Crippen MR) is 76.2 cm³/mol. The van der Waals surface area contributed by atoms with E-state index in [9.17, 15) is 9.90 Å². The molecule has 2 saturated carbocycles. The summed E-state index contributed by atoms with van der Waals surface area (Å²) in [6.45, 7) is 8.83. The minimum atomic E-state index is -0.716. The van der Waals surface area contributed by atoms with E-state index in [-0.39, 0.29) is 0 Å². The number of likely N-dealkylation sites (N-methyl/N-ethyl adjacent to an activating group) is 1. The third-order valence-electron chi connectivity index (χ3n) is 4.26. The van der Waals surface area contributed by atoms with Gasteiger partial charge in [-0.15, -0.1) is 0 Å². The zero-order chi connectivity index (χ0) is 14.0. The summed E-state index contributed by atoms with van der Waals surface area (Å²) in [4.78, 5) is 14.3. The molecule has 110 valence electrons. The number of carboxylic acids is 1. The molecule has 1 atom stereocenters. The lowest BCUT2D eigenvalue weighted by atomic mass is 9.91. The lowest BCUT2D eigenvalue weighted by Gasteiger charge is -2.37. The molecule has 0 spiro atoms. The maximum absolute atomic E-state index is 11.9. The van der Waals surface area contributed by atoms with E-state index >= 15 is 0 Å². The Morgan fingerprint density at radius 3 is 2.37 bits per heavy atom. The van der Waals surface area contributed by atoms with Crippen molar-refractivity contribution < 1.29 is 9.90 Å². The first-order chi connectivity index (χ1) is 8.99. The largest absolute Gasteiger partial charge is 0.480 e. The van der Waals surface area contributed by atoms with E-state index in [1.54, 1.807) is 0 Å². The molecule has 0 amide bonds. The fraction of sp³-hybridized carbons (Fsp3) is 0.933. The summed E-state index contributed by atoms with van der Waals surface area (Å²) in [7, 11) is 0. The average molecular weight is 268 g/mol. The lowest BCUT2D eigenvalue weighted by molar-refractivity contribution is -0.147. The minimum Gasteiger partial charge on any atom is -0.480 e. The van der Waals surface area contributed by atoms with Crippen molar-refractivity contribution in [1.82, 2.24) is 10.2 Å². The molecule has 0 saturated heterocycles. The number of hydrogen-bond donors (Lipinski definition) is 2. The maximum Gasteiger partial charge on any atom is 0.325 e. The van der Waals surface area contributed by atoms with Crippen molar-refractivity contribution in [2.75, 3.05) is 19.6 Å². The molecule has 2 aliphatic rings. The third-order valence-corrected chi connectivity index (χ3v) is 4.26. The maximum atomic E-state index is 11.9. The zero-order valence-corrected chi connectivity index (χ0v) is 12.5. The van der Waals surface area contributed by atoms with Gasteiger partial charge >= 0.3 is 5.97 Å². The summed E-state index contributed by atoms with van der Waals surface area (Å²) in [5.74, 6) is 0.248. The van der Waals surface area contributed by atoms with Crippen LogP contribution in [0.5, 0.6) is 0 Å². The van der Waals surface area contributed by atoms with Crippen molar-refractivity contribution in [2.45, 2.75) is 58.0 Å². The summed E-state index contributed by atoms with van der Waals surface area (Å²) in [6, 6.07) is 0.624. The number of nitrogens with one attached hydrogen (secondary N) is 1. The summed E-state index contributed by atoms with van der Waals surface area (Å²) in [6.07, 6.45) is 4.58. The molecule has 0 aromatic carbocycles. The van der Waals surface area contributed by atoms with Gasteiger partial charge in [-0.05, 0) is 44.1 Å². The van der Waals surface area contributed by atoms with Gasteiger partial charge in [0.15, 0.2) is 0 Å². The van der Waals surface area contributed by atoms with Gasteiger partial charge in [-0.25, -0.2) is 0 Å². The van der Waals surface area contributed by atoms with E-state index in [0.29, 0.717) is 24.4 Å². The van der Waals surface area contributed by atoms with Crippen molar-refractivity contribution in [2.24, 2.45) is 11.8 Å². The third kappa shape index (κ3) is 3.48. The summed E-state index contributed by atoms with van der Waals surface area (Å²) in [5.41, 5.74) is -0.716. The van der Waals surface area contributed by atoms with Crippen LogP contribution in [-0.2, 0) is 4.79 Å². The van der Waals surface area contributed by atoms with Crippen molar-refractivity contribution in [3.63, 3.8) is 0 Å². The topological polar surface area (TPSA) is 52.6 Å². The fourth-order valence-corrected chi connectivity index (χ4v) is 3.11. The molecule has 0 aliphatic heterocycles. The molecule has 4 heteroatoms. The quantitative estimate of drug-likeness (QED) is 0.671. The first kappa shape index (κ1) is 14.8. The van der Waals surface area contributed by atoms with Crippen LogP contribution in [0.4, 0.5) is 0 Å². The highest BCUT2D eigenvalue weighted by Gasteiger charge is 2.52. The molecule has 0 heterocycles. The van der Waals surface area contributed by atoms with Gasteiger partial charge in [-0.2, -0.15) is 0 Å². The zero-order valence-electron chi connectivity index (χ0n) is 12.5. The summed E-state index contributed by atoms with van der Waals surface area (Å²) in [5, 5.41) is 13.1. The molecular formula is C15H28N2O2. The Kier molecular flexibility index (Phi) is 4.51. The van der Waals surface area contributed by atoms with E-state index < -0.39 is 11.5 Å². The van der Waals surface area contributed by atoms with Crippen LogP contribution in [0.25, 0.3) is 0 Å². The van der Waals surface area contributed by atoms with E-state index in [1.807, 2.05) is 6.92 Å². The molecule has 0 bridgehead atoms. The van der Waals surface area contributed by atoms with E-state index in [2.05, 4.69) is 24.1 Å². The lowest BCUT2D eigenvalue weighted by Crippen LogP contribution is -2.61. The number of carbonyl (C=O) groups is 1. The van der Waals surface area contributed by atoms with Crippen LogP contribution in [0, 0.1) is 11.8 Å². The number of rotatable bonds is 9. The van der Waals surface area contributed by atoms with Crippen LogP contribution in [-0.4, -0.2) is 47.2 Å². The Morgan fingerprint density at radius 2 is 2.00 bits per heavy atom. The Bertz CT molecular complexity index is 324. The highest BCUT2D eigenvalue weighted by molar-refractivity contribution is 5.80. The highest BCUT2D eigenvalue weighted by atomic mass is 16.4. The number of hydrogen-bond acceptors (Lipinski definition) is 3. The van der Waals surface area contributed by atoms with E-state index in [4.69, 9.17) is 0 Å². The van der Waals surface area contributed by atoms with Crippen molar-refractivity contribution in [3.05, 3.63) is 0 Å². The van der Waals surface area contributed by atoms with Gasteiger partial charge in [0, 0.05) is 19.1 Å². The van der Waals surface area contributed by atoms with Gasteiger partial charge in [0.05, 0.1) is 0 Å². The smallest absolute Gasteiger partial charge is 0.325 e. The number of aliphatic carboxylic acids is 1. The van der Waals surface area contributed by atoms with Gasteiger partial charge in [0.2, 0.25) is 0 Å².